The van der Waals surface area contributed by atoms with E-state index in [1.54, 1.807) is 12.1 Å². The van der Waals surface area contributed by atoms with Crippen LogP contribution in [0.2, 0.25) is 0 Å². The lowest BCUT2D eigenvalue weighted by Gasteiger charge is -2.34. The van der Waals surface area contributed by atoms with Crippen molar-refractivity contribution < 1.29 is 8.42 Å². The summed E-state index contributed by atoms with van der Waals surface area (Å²) < 4.78 is 26.9. The second-order valence-electron chi connectivity index (χ2n) is 7.50. The van der Waals surface area contributed by atoms with Crippen LogP contribution in [0.25, 0.3) is 10.9 Å². The largest absolute Gasteiger partial charge is 0.370 e. The highest BCUT2D eigenvalue weighted by atomic mass is 32.2. The molecule has 0 N–H and O–H groups in total. The van der Waals surface area contributed by atoms with Crippen LogP contribution in [0.5, 0.6) is 0 Å². The van der Waals surface area contributed by atoms with Crippen molar-refractivity contribution in [1.29, 1.82) is 0 Å². The maximum atomic E-state index is 13.5. The summed E-state index contributed by atoms with van der Waals surface area (Å²) in [7, 11) is -3.65. The van der Waals surface area contributed by atoms with Crippen molar-refractivity contribution in [3.63, 3.8) is 0 Å². The number of rotatable bonds is 3. The number of aryl methyl sites for hydroxylation is 1. The normalized spacial score (nSPS) is 18.0. The zero-order valence-corrected chi connectivity index (χ0v) is 16.5. The quantitative estimate of drug-likeness (QED) is 0.666. The zero-order chi connectivity index (χ0) is 19.0. The fraction of sp³-hybridized carbons (Fsp3) is 0.318. The molecule has 1 aromatic heterocycles. The number of anilines is 1. The number of para-hydroxylation sites is 1. The predicted molar refractivity (Wildman–Crippen MR) is 109 cm³/mol. The summed E-state index contributed by atoms with van der Waals surface area (Å²) in [5.41, 5.74) is 2.66. The summed E-state index contributed by atoms with van der Waals surface area (Å²) in [5.74, 6) is 0.542. The van der Waals surface area contributed by atoms with Crippen molar-refractivity contribution in [2.45, 2.75) is 36.5 Å². The lowest BCUT2D eigenvalue weighted by Crippen LogP contribution is -2.35. The van der Waals surface area contributed by atoms with Crippen molar-refractivity contribution in [2.75, 3.05) is 18.0 Å². The summed E-state index contributed by atoms with van der Waals surface area (Å²) in [6.45, 7) is 5.91. The molecule has 4 nitrogen and oxygen atoms in total. The van der Waals surface area contributed by atoms with Gasteiger partial charge >= 0.3 is 0 Å². The molecule has 1 aliphatic rings. The number of benzene rings is 2. The van der Waals surface area contributed by atoms with Gasteiger partial charge in [0.1, 0.15) is 4.90 Å². The molecule has 5 heteroatoms. The van der Waals surface area contributed by atoms with E-state index in [1.807, 2.05) is 43.3 Å². The lowest BCUT2D eigenvalue weighted by atomic mass is 9.99. The maximum absolute atomic E-state index is 13.5. The standard InChI is InChI=1S/C22H24N2O2S/c1-16-9-11-18(12-10-16)27(25,26)21-14-23-20-8-4-3-7-19(20)22(21)24-13-5-6-17(2)15-24/h3-4,7-12,14,17H,5-6,13,15H2,1-2H3/t17-/m1/s1. The first-order valence-electron chi connectivity index (χ1n) is 9.41. The van der Waals surface area contributed by atoms with Gasteiger partial charge in [-0.25, -0.2) is 8.42 Å². The van der Waals surface area contributed by atoms with Crippen LogP contribution in [0, 0.1) is 12.8 Å². The Bertz CT molecular complexity index is 1080. The number of nitrogens with zero attached hydrogens (tertiary/aromatic N) is 2. The summed E-state index contributed by atoms with van der Waals surface area (Å²) in [6, 6.07) is 14.8. The second-order valence-corrected chi connectivity index (χ2v) is 9.42. The Labute approximate surface area is 160 Å². The van der Waals surface area contributed by atoms with E-state index in [-0.39, 0.29) is 0 Å². The van der Waals surface area contributed by atoms with Gasteiger partial charge in [0.15, 0.2) is 0 Å². The number of fused-ring (bicyclic) bond motifs is 1. The molecule has 1 atom stereocenters. The third-order valence-corrected chi connectivity index (χ3v) is 7.08. The minimum atomic E-state index is -3.65. The molecule has 1 saturated heterocycles. The van der Waals surface area contributed by atoms with Crippen molar-refractivity contribution >= 4 is 26.4 Å². The number of aromatic nitrogens is 1. The summed E-state index contributed by atoms with van der Waals surface area (Å²) in [6.07, 6.45) is 3.79. The number of sulfone groups is 1. The minimum absolute atomic E-state index is 0.305. The molecule has 0 amide bonds. The Hall–Kier alpha value is -2.40. The highest BCUT2D eigenvalue weighted by Gasteiger charge is 2.28. The molecule has 1 aliphatic heterocycles. The van der Waals surface area contributed by atoms with E-state index in [0.29, 0.717) is 15.7 Å². The molecule has 3 aromatic rings. The molecule has 1 fully saturated rings. The molecule has 0 aliphatic carbocycles. The van der Waals surface area contributed by atoms with Gasteiger partial charge < -0.3 is 4.90 Å². The van der Waals surface area contributed by atoms with Gasteiger partial charge in [-0.1, -0.05) is 42.8 Å². The Balaban J connectivity index is 1.95. The second kappa shape index (κ2) is 6.97. The molecule has 140 valence electrons. The molecule has 0 bridgehead atoms. The fourth-order valence-corrected chi connectivity index (χ4v) is 5.30. The van der Waals surface area contributed by atoms with E-state index in [2.05, 4.69) is 16.8 Å². The molecule has 2 heterocycles. The van der Waals surface area contributed by atoms with E-state index in [0.717, 1.165) is 41.7 Å². The Kier molecular flexibility index (Phi) is 4.64. The van der Waals surface area contributed by atoms with Crippen LogP contribution in [0.15, 0.2) is 64.5 Å². The predicted octanol–water partition coefficient (Wildman–Crippen LogP) is 4.61. The van der Waals surface area contributed by atoms with Gasteiger partial charge in [0.25, 0.3) is 0 Å². The molecule has 4 rings (SSSR count). The van der Waals surface area contributed by atoms with Gasteiger partial charge in [-0.05, 0) is 43.9 Å². The van der Waals surface area contributed by atoms with E-state index < -0.39 is 9.84 Å². The smallest absolute Gasteiger partial charge is 0.210 e. The van der Waals surface area contributed by atoms with Crippen LogP contribution >= 0.6 is 0 Å². The van der Waals surface area contributed by atoms with Crippen LogP contribution in [0.4, 0.5) is 5.69 Å². The zero-order valence-electron chi connectivity index (χ0n) is 15.7. The molecule has 2 aromatic carbocycles. The minimum Gasteiger partial charge on any atom is -0.370 e. The Morgan fingerprint density at radius 2 is 1.81 bits per heavy atom. The number of hydrogen-bond acceptors (Lipinski definition) is 4. The number of pyridine rings is 1. The molecule has 0 radical (unpaired) electrons. The monoisotopic (exact) mass is 380 g/mol. The molecular weight excluding hydrogens is 356 g/mol. The summed E-state index contributed by atoms with van der Waals surface area (Å²) in [5, 5.41) is 0.903. The molecule has 0 saturated carbocycles. The fourth-order valence-electron chi connectivity index (χ4n) is 3.87. The maximum Gasteiger partial charge on any atom is 0.210 e. The molecular formula is C22H24N2O2S. The highest BCUT2D eigenvalue weighted by Crippen LogP contribution is 2.37. The number of piperidine rings is 1. The van der Waals surface area contributed by atoms with Gasteiger partial charge in [0.2, 0.25) is 9.84 Å². The van der Waals surface area contributed by atoms with E-state index in [9.17, 15) is 8.42 Å². The van der Waals surface area contributed by atoms with Crippen LogP contribution in [-0.2, 0) is 9.84 Å². The van der Waals surface area contributed by atoms with E-state index >= 15 is 0 Å². The summed E-state index contributed by atoms with van der Waals surface area (Å²) >= 11 is 0. The van der Waals surface area contributed by atoms with Gasteiger partial charge in [-0.2, -0.15) is 0 Å². The number of hydrogen-bond donors (Lipinski definition) is 0. The Morgan fingerprint density at radius 3 is 2.56 bits per heavy atom. The Morgan fingerprint density at radius 1 is 1.07 bits per heavy atom. The van der Waals surface area contributed by atoms with Crippen molar-refractivity contribution in [2.24, 2.45) is 5.92 Å². The van der Waals surface area contributed by atoms with Gasteiger partial charge in [0.05, 0.1) is 16.1 Å². The molecule has 0 unspecified atom stereocenters. The van der Waals surface area contributed by atoms with Gasteiger partial charge in [0, 0.05) is 24.7 Å². The average Bonchev–Trinajstić information content (AvgIpc) is 2.67. The third kappa shape index (κ3) is 3.32. The highest BCUT2D eigenvalue weighted by molar-refractivity contribution is 7.91. The van der Waals surface area contributed by atoms with Crippen LogP contribution < -0.4 is 4.90 Å². The van der Waals surface area contributed by atoms with Crippen LogP contribution in [-0.4, -0.2) is 26.5 Å². The van der Waals surface area contributed by atoms with E-state index in [4.69, 9.17) is 0 Å². The topological polar surface area (TPSA) is 50.3 Å². The third-order valence-electron chi connectivity index (χ3n) is 5.31. The average molecular weight is 381 g/mol. The first kappa shape index (κ1) is 18.0. The van der Waals surface area contributed by atoms with Crippen molar-refractivity contribution in [3.05, 3.63) is 60.3 Å². The SMILES string of the molecule is Cc1ccc(S(=O)(=O)c2cnc3ccccc3c2N2CCC[C@@H](C)C2)cc1. The molecule has 0 spiro atoms. The van der Waals surface area contributed by atoms with Gasteiger partial charge in [-0.15, -0.1) is 0 Å². The van der Waals surface area contributed by atoms with Crippen molar-refractivity contribution in [3.8, 4) is 0 Å². The lowest BCUT2D eigenvalue weighted by molar-refractivity contribution is 0.446. The van der Waals surface area contributed by atoms with Crippen LogP contribution in [0.1, 0.15) is 25.3 Å². The summed E-state index contributed by atoms with van der Waals surface area (Å²) in [4.78, 5) is 7.32. The van der Waals surface area contributed by atoms with E-state index in [1.165, 1.54) is 12.6 Å². The van der Waals surface area contributed by atoms with Gasteiger partial charge in [-0.3, -0.25) is 4.98 Å². The molecule has 27 heavy (non-hydrogen) atoms. The first-order valence-corrected chi connectivity index (χ1v) is 10.9. The van der Waals surface area contributed by atoms with Crippen LogP contribution in [0.3, 0.4) is 0 Å². The van der Waals surface area contributed by atoms with Crippen molar-refractivity contribution in [1.82, 2.24) is 4.98 Å². The first-order chi connectivity index (χ1) is 13.0.